The fourth-order valence-corrected chi connectivity index (χ4v) is 2.27. The summed E-state index contributed by atoms with van der Waals surface area (Å²) in [6.07, 6.45) is 5.00. The van der Waals surface area contributed by atoms with Crippen molar-refractivity contribution in [3.05, 3.63) is 0 Å². The van der Waals surface area contributed by atoms with Crippen molar-refractivity contribution < 1.29 is 19.4 Å². The molecule has 0 saturated heterocycles. The van der Waals surface area contributed by atoms with Crippen LogP contribution < -0.4 is 5.32 Å². The van der Waals surface area contributed by atoms with E-state index < -0.39 is 5.97 Å². The number of carbonyl (C=O) groups is 2. The quantitative estimate of drug-likeness (QED) is 0.691. The Labute approximate surface area is 113 Å². The van der Waals surface area contributed by atoms with Crippen LogP contribution in [0.3, 0.4) is 0 Å². The molecule has 2 amide bonds. The zero-order chi connectivity index (χ0) is 13.9. The number of nitrogens with one attached hydrogen (secondary N) is 1. The van der Waals surface area contributed by atoms with E-state index in [2.05, 4.69) is 5.32 Å². The SMILES string of the molecule is COCCC1(CNC(=O)N(CC(=O)O)C2CC2)CC1. The third-order valence-electron chi connectivity index (χ3n) is 3.96. The van der Waals surface area contributed by atoms with Crippen molar-refractivity contribution in [3.8, 4) is 0 Å². The van der Waals surface area contributed by atoms with Crippen LogP contribution in [0.4, 0.5) is 4.79 Å². The fraction of sp³-hybridized carbons (Fsp3) is 0.846. The average Bonchev–Trinajstić information content (AvgIpc) is 3.25. The van der Waals surface area contributed by atoms with Crippen LogP contribution in [0, 0.1) is 5.41 Å². The van der Waals surface area contributed by atoms with Gasteiger partial charge < -0.3 is 20.1 Å². The molecular weight excluding hydrogens is 248 g/mol. The molecule has 0 spiro atoms. The van der Waals surface area contributed by atoms with Crippen LogP contribution in [0.5, 0.6) is 0 Å². The van der Waals surface area contributed by atoms with Gasteiger partial charge in [0, 0.05) is 26.3 Å². The Morgan fingerprint density at radius 2 is 2.11 bits per heavy atom. The number of carboxylic acid groups (broad SMARTS) is 1. The van der Waals surface area contributed by atoms with Crippen LogP contribution in [-0.2, 0) is 9.53 Å². The highest BCUT2D eigenvalue weighted by Gasteiger charge is 2.43. The molecule has 108 valence electrons. The molecule has 2 N–H and O–H groups in total. The molecule has 2 saturated carbocycles. The highest BCUT2D eigenvalue weighted by atomic mass is 16.5. The van der Waals surface area contributed by atoms with Crippen LogP contribution in [0.15, 0.2) is 0 Å². The van der Waals surface area contributed by atoms with Crippen LogP contribution in [-0.4, -0.2) is 54.9 Å². The van der Waals surface area contributed by atoms with E-state index in [4.69, 9.17) is 9.84 Å². The van der Waals surface area contributed by atoms with Gasteiger partial charge >= 0.3 is 12.0 Å². The van der Waals surface area contributed by atoms with Gasteiger partial charge in [0.15, 0.2) is 0 Å². The third-order valence-corrected chi connectivity index (χ3v) is 3.96. The minimum Gasteiger partial charge on any atom is -0.480 e. The van der Waals surface area contributed by atoms with Crippen LogP contribution >= 0.6 is 0 Å². The predicted molar refractivity (Wildman–Crippen MR) is 68.9 cm³/mol. The molecule has 6 nitrogen and oxygen atoms in total. The summed E-state index contributed by atoms with van der Waals surface area (Å²) in [5, 5.41) is 11.7. The van der Waals surface area contributed by atoms with Crippen molar-refractivity contribution >= 4 is 12.0 Å². The number of amides is 2. The summed E-state index contributed by atoms with van der Waals surface area (Å²) < 4.78 is 5.07. The maximum absolute atomic E-state index is 12.0. The lowest BCUT2D eigenvalue weighted by Gasteiger charge is -2.23. The zero-order valence-electron chi connectivity index (χ0n) is 11.4. The molecule has 2 aliphatic carbocycles. The number of carboxylic acids is 1. The Morgan fingerprint density at radius 3 is 2.58 bits per heavy atom. The lowest BCUT2D eigenvalue weighted by atomic mass is 10.0. The number of nitrogens with zero attached hydrogens (tertiary/aromatic N) is 1. The van der Waals surface area contributed by atoms with E-state index >= 15 is 0 Å². The van der Waals surface area contributed by atoms with Gasteiger partial charge in [-0.25, -0.2) is 4.79 Å². The summed E-state index contributed by atoms with van der Waals surface area (Å²) in [5.74, 6) is -0.956. The normalized spacial score (nSPS) is 19.8. The highest BCUT2D eigenvalue weighted by Crippen LogP contribution is 2.48. The van der Waals surface area contributed by atoms with E-state index in [1.807, 2.05) is 0 Å². The van der Waals surface area contributed by atoms with Gasteiger partial charge in [-0.05, 0) is 37.5 Å². The monoisotopic (exact) mass is 270 g/mol. The van der Waals surface area contributed by atoms with Crippen LogP contribution in [0.1, 0.15) is 32.1 Å². The Hall–Kier alpha value is -1.30. The number of hydrogen-bond acceptors (Lipinski definition) is 3. The number of urea groups is 1. The Kier molecular flexibility index (Phi) is 4.29. The van der Waals surface area contributed by atoms with E-state index in [1.165, 1.54) is 4.90 Å². The molecule has 0 heterocycles. The van der Waals surface area contributed by atoms with Crippen molar-refractivity contribution in [2.75, 3.05) is 26.8 Å². The molecule has 2 rings (SSSR count). The van der Waals surface area contributed by atoms with E-state index in [1.54, 1.807) is 7.11 Å². The first-order valence-corrected chi connectivity index (χ1v) is 6.81. The second-order valence-corrected chi connectivity index (χ2v) is 5.65. The molecule has 0 radical (unpaired) electrons. The van der Waals surface area contributed by atoms with Gasteiger partial charge in [-0.3, -0.25) is 4.79 Å². The first-order valence-electron chi connectivity index (χ1n) is 6.81. The maximum Gasteiger partial charge on any atom is 0.323 e. The molecule has 0 aliphatic heterocycles. The summed E-state index contributed by atoms with van der Waals surface area (Å²) >= 11 is 0. The smallest absolute Gasteiger partial charge is 0.323 e. The molecule has 0 aromatic heterocycles. The summed E-state index contributed by atoms with van der Waals surface area (Å²) in [6.45, 7) is 1.12. The molecular formula is C13H22N2O4. The summed E-state index contributed by atoms with van der Waals surface area (Å²) in [5.41, 5.74) is 0.185. The second-order valence-electron chi connectivity index (χ2n) is 5.65. The van der Waals surface area contributed by atoms with Crippen molar-refractivity contribution in [2.24, 2.45) is 5.41 Å². The molecule has 6 heteroatoms. The first-order chi connectivity index (χ1) is 9.06. The van der Waals surface area contributed by atoms with E-state index in [0.29, 0.717) is 13.2 Å². The second kappa shape index (κ2) is 5.77. The predicted octanol–water partition coefficient (Wildman–Crippen LogP) is 1.06. The number of rotatable bonds is 8. The highest BCUT2D eigenvalue weighted by molar-refractivity contribution is 5.80. The molecule has 19 heavy (non-hydrogen) atoms. The molecule has 0 aromatic rings. The summed E-state index contributed by atoms with van der Waals surface area (Å²) in [7, 11) is 1.68. The summed E-state index contributed by atoms with van der Waals surface area (Å²) in [6, 6.07) is -0.126. The molecule has 0 atom stereocenters. The van der Waals surface area contributed by atoms with Crippen molar-refractivity contribution in [2.45, 2.75) is 38.1 Å². The van der Waals surface area contributed by atoms with Gasteiger partial charge in [0.1, 0.15) is 6.54 Å². The standard InChI is InChI=1S/C13H22N2O4/c1-19-7-6-13(4-5-13)9-14-12(18)15(8-11(16)17)10-2-3-10/h10H,2-9H2,1H3,(H,14,18)(H,16,17). The van der Waals surface area contributed by atoms with Gasteiger partial charge in [0.25, 0.3) is 0 Å². The van der Waals surface area contributed by atoms with Gasteiger partial charge in [-0.15, -0.1) is 0 Å². The third kappa shape index (κ3) is 4.09. The molecule has 2 fully saturated rings. The number of carbonyl (C=O) groups excluding carboxylic acids is 1. The van der Waals surface area contributed by atoms with Crippen molar-refractivity contribution in [1.29, 1.82) is 0 Å². The lowest BCUT2D eigenvalue weighted by molar-refractivity contribution is -0.137. The van der Waals surface area contributed by atoms with Gasteiger partial charge in [-0.2, -0.15) is 0 Å². The lowest BCUT2D eigenvalue weighted by Crippen LogP contribution is -2.45. The molecule has 0 unspecified atom stereocenters. The van der Waals surface area contributed by atoms with Gasteiger partial charge in [0.2, 0.25) is 0 Å². The molecule has 2 aliphatic rings. The molecule has 0 aromatic carbocycles. The van der Waals surface area contributed by atoms with Gasteiger partial charge in [-0.1, -0.05) is 0 Å². The van der Waals surface area contributed by atoms with Crippen molar-refractivity contribution in [3.63, 3.8) is 0 Å². The van der Waals surface area contributed by atoms with Gasteiger partial charge in [0.05, 0.1) is 0 Å². The Bertz CT molecular complexity index is 351. The van der Waals surface area contributed by atoms with Crippen molar-refractivity contribution in [1.82, 2.24) is 10.2 Å². The largest absolute Gasteiger partial charge is 0.480 e. The topological polar surface area (TPSA) is 78.9 Å². The maximum atomic E-state index is 12.0. The van der Waals surface area contributed by atoms with Crippen LogP contribution in [0.2, 0.25) is 0 Å². The Balaban J connectivity index is 1.77. The fourth-order valence-electron chi connectivity index (χ4n) is 2.27. The number of aliphatic carboxylic acids is 1. The number of methoxy groups -OCH3 is 1. The minimum absolute atomic E-state index is 0.116. The summed E-state index contributed by atoms with van der Waals surface area (Å²) in [4.78, 5) is 24.2. The van der Waals surface area contributed by atoms with E-state index in [9.17, 15) is 9.59 Å². The zero-order valence-corrected chi connectivity index (χ0v) is 11.4. The molecule has 0 bridgehead atoms. The number of ether oxygens (including phenoxy) is 1. The van der Waals surface area contributed by atoms with E-state index in [0.717, 1.165) is 32.1 Å². The number of hydrogen-bond donors (Lipinski definition) is 2. The average molecular weight is 270 g/mol. The minimum atomic E-state index is -0.956. The Morgan fingerprint density at radius 1 is 1.42 bits per heavy atom. The first kappa shape index (κ1) is 14.1. The van der Waals surface area contributed by atoms with Crippen LogP contribution in [0.25, 0.3) is 0 Å². The van der Waals surface area contributed by atoms with E-state index in [-0.39, 0.29) is 24.0 Å².